The molecule has 21 heavy (non-hydrogen) atoms. The van der Waals surface area contributed by atoms with Gasteiger partial charge in [0.25, 0.3) is 0 Å². The van der Waals surface area contributed by atoms with Crippen LogP contribution in [0, 0.1) is 32.4 Å². The van der Waals surface area contributed by atoms with Gasteiger partial charge >= 0.3 is 0 Å². The maximum absolute atomic E-state index is 13.4. The lowest BCUT2D eigenvalue weighted by Gasteiger charge is -2.12. The van der Waals surface area contributed by atoms with Crippen molar-refractivity contribution in [1.29, 1.82) is 0 Å². The Kier molecular flexibility index (Phi) is 4.36. The molecular weight excluding hydrogens is 274 g/mol. The molecule has 0 unspecified atom stereocenters. The average molecular weight is 290 g/mol. The van der Waals surface area contributed by atoms with Crippen molar-refractivity contribution in [2.45, 2.75) is 20.8 Å². The van der Waals surface area contributed by atoms with Crippen LogP contribution in [0.2, 0.25) is 0 Å². The summed E-state index contributed by atoms with van der Waals surface area (Å²) in [6, 6.07) is 7.21. The van der Waals surface area contributed by atoms with Gasteiger partial charge in [0.2, 0.25) is 5.78 Å². The second-order valence-corrected chi connectivity index (χ2v) is 5.04. The molecule has 0 N–H and O–H groups in total. The minimum absolute atomic E-state index is 0.298. The zero-order chi connectivity index (χ0) is 15.6. The van der Waals surface area contributed by atoms with Gasteiger partial charge in [0, 0.05) is 5.56 Å². The molecule has 0 saturated carbocycles. The molecule has 2 aromatic rings. The highest BCUT2D eigenvalue weighted by atomic mass is 19.1. The quantitative estimate of drug-likeness (QED) is 0.791. The average Bonchev–Trinajstić information content (AvgIpc) is 2.36. The van der Waals surface area contributed by atoms with Gasteiger partial charge in [-0.3, -0.25) is 4.79 Å². The third-order valence-corrected chi connectivity index (χ3v) is 3.22. The normalized spacial score (nSPS) is 10.5. The lowest BCUT2D eigenvalue weighted by molar-refractivity contribution is 0.0914. The van der Waals surface area contributed by atoms with Crippen LogP contribution in [0.15, 0.2) is 30.3 Å². The van der Waals surface area contributed by atoms with Crippen molar-refractivity contribution in [2.75, 3.05) is 6.61 Å². The van der Waals surface area contributed by atoms with Crippen LogP contribution in [0.25, 0.3) is 0 Å². The van der Waals surface area contributed by atoms with Gasteiger partial charge < -0.3 is 4.74 Å². The molecular formula is C17H16F2O2. The first kappa shape index (κ1) is 15.2. The zero-order valence-electron chi connectivity index (χ0n) is 12.2. The van der Waals surface area contributed by atoms with Crippen molar-refractivity contribution in [3.8, 4) is 5.75 Å². The number of hydrogen-bond donors (Lipinski definition) is 0. The van der Waals surface area contributed by atoms with Gasteiger partial charge in [-0.05, 0) is 44.0 Å². The second-order valence-electron chi connectivity index (χ2n) is 5.04. The minimum atomic E-state index is -0.819. The number of ether oxygens (including phenoxy) is 1. The van der Waals surface area contributed by atoms with E-state index in [2.05, 4.69) is 0 Å². The fraction of sp³-hybridized carbons (Fsp3) is 0.235. The van der Waals surface area contributed by atoms with Crippen molar-refractivity contribution in [2.24, 2.45) is 0 Å². The maximum atomic E-state index is 13.4. The van der Waals surface area contributed by atoms with Crippen molar-refractivity contribution in [3.05, 3.63) is 64.2 Å². The number of benzene rings is 2. The van der Waals surface area contributed by atoms with Crippen LogP contribution in [0.3, 0.4) is 0 Å². The molecule has 0 aliphatic carbocycles. The Morgan fingerprint density at radius 2 is 1.57 bits per heavy atom. The van der Waals surface area contributed by atoms with E-state index in [0.717, 1.165) is 28.8 Å². The Morgan fingerprint density at radius 3 is 2.10 bits per heavy atom. The van der Waals surface area contributed by atoms with Gasteiger partial charge in [0.1, 0.15) is 0 Å². The molecule has 0 saturated heterocycles. The van der Waals surface area contributed by atoms with Crippen molar-refractivity contribution >= 4 is 5.78 Å². The maximum Gasteiger partial charge on any atom is 0.200 e. The van der Waals surface area contributed by atoms with Crippen molar-refractivity contribution < 1.29 is 18.3 Å². The van der Waals surface area contributed by atoms with E-state index in [0.29, 0.717) is 5.56 Å². The Labute approximate surface area is 122 Å². The summed E-state index contributed by atoms with van der Waals surface area (Å²) in [5, 5.41) is 0. The number of aryl methyl sites for hydroxylation is 3. The van der Waals surface area contributed by atoms with Crippen molar-refractivity contribution in [1.82, 2.24) is 0 Å². The summed E-state index contributed by atoms with van der Waals surface area (Å²) < 4.78 is 31.9. The highest BCUT2D eigenvalue weighted by Gasteiger charge is 2.16. The highest BCUT2D eigenvalue weighted by Crippen LogP contribution is 2.22. The third kappa shape index (κ3) is 3.27. The van der Waals surface area contributed by atoms with Crippen molar-refractivity contribution in [3.63, 3.8) is 0 Å². The topological polar surface area (TPSA) is 26.3 Å². The highest BCUT2D eigenvalue weighted by molar-refractivity contribution is 6.00. The number of carbonyl (C=O) groups excluding carboxylic acids is 1. The van der Waals surface area contributed by atoms with E-state index in [1.54, 1.807) is 0 Å². The molecule has 0 spiro atoms. The predicted molar refractivity (Wildman–Crippen MR) is 76.8 cm³/mol. The van der Waals surface area contributed by atoms with E-state index in [1.807, 2.05) is 32.9 Å². The van der Waals surface area contributed by atoms with E-state index in [-0.39, 0.29) is 5.78 Å². The molecule has 0 heterocycles. The van der Waals surface area contributed by atoms with E-state index in [4.69, 9.17) is 4.74 Å². The monoisotopic (exact) mass is 290 g/mol. The predicted octanol–water partition coefficient (Wildman–Crippen LogP) is 4.15. The molecule has 0 amide bonds. The Balaban J connectivity index is 2.20. The number of ketones is 1. The lowest BCUT2D eigenvalue weighted by Crippen LogP contribution is -2.15. The van der Waals surface area contributed by atoms with Crippen LogP contribution < -0.4 is 4.74 Å². The number of para-hydroxylation sites is 1. The molecule has 0 bridgehead atoms. The lowest BCUT2D eigenvalue weighted by atomic mass is 9.97. The summed E-state index contributed by atoms with van der Waals surface area (Å²) in [6.07, 6.45) is 0. The number of rotatable bonds is 4. The van der Waals surface area contributed by atoms with E-state index in [9.17, 15) is 13.6 Å². The van der Waals surface area contributed by atoms with Gasteiger partial charge in [-0.2, -0.15) is 0 Å². The van der Waals surface area contributed by atoms with Crippen LogP contribution in [0.4, 0.5) is 8.78 Å². The number of carbonyl (C=O) groups is 1. The molecule has 2 aromatic carbocycles. The Morgan fingerprint density at radius 1 is 1.05 bits per heavy atom. The van der Waals surface area contributed by atoms with E-state index < -0.39 is 24.0 Å². The first-order valence-electron chi connectivity index (χ1n) is 6.58. The smallest absolute Gasteiger partial charge is 0.200 e. The van der Waals surface area contributed by atoms with Gasteiger partial charge in [0.05, 0.1) is 0 Å². The third-order valence-electron chi connectivity index (χ3n) is 3.22. The van der Waals surface area contributed by atoms with Crippen LogP contribution in [0.1, 0.15) is 27.0 Å². The summed E-state index contributed by atoms with van der Waals surface area (Å²) in [5.74, 6) is -2.46. The molecule has 0 aromatic heterocycles. The van der Waals surface area contributed by atoms with Gasteiger partial charge in [0.15, 0.2) is 24.0 Å². The SMILES string of the molecule is Cc1cc(C)c(C(=O)COc2c(F)cccc2F)c(C)c1. The standard InChI is InChI=1S/C17H16F2O2/c1-10-7-11(2)16(12(3)8-10)15(20)9-21-17-13(18)5-4-6-14(17)19/h4-8H,9H2,1-3H3. The van der Waals surface area contributed by atoms with E-state index >= 15 is 0 Å². The van der Waals surface area contributed by atoms with E-state index in [1.165, 1.54) is 6.07 Å². The molecule has 110 valence electrons. The first-order chi connectivity index (χ1) is 9.90. The number of halogens is 2. The number of Topliss-reactive ketones (excluding diaryl/α,β-unsaturated/α-hetero) is 1. The van der Waals surface area contributed by atoms with Crippen LogP contribution >= 0.6 is 0 Å². The summed E-state index contributed by atoms with van der Waals surface area (Å²) in [4.78, 5) is 12.2. The number of hydrogen-bond acceptors (Lipinski definition) is 2. The summed E-state index contributed by atoms with van der Waals surface area (Å²) in [6.45, 7) is 5.20. The molecule has 0 aliphatic heterocycles. The Bertz CT molecular complexity index is 650. The van der Waals surface area contributed by atoms with Crippen LogP contribution in [0.5, 0.6) is 5.75 Å². The van der Waals surface area contributed by atoms with Crippen LogP contribution in [-0.2, 0) is 0 Å². The Hall–Kier alpha value is -2.23. The molecule has 0 atom stereocenters. The van der Waals surface area contributed by atoms with Gasteiger partial charge in [-0.25, -0.2) is 8.78 Å². The van der Waals surface area contributed by atoms with Crippen LogP contribution in [-0.4, -0.2) is 12.4 Å². The molecule has 0 radical (unpaired) electrons. The summed E-state index contributed by atoms with van der Waals surface area (Å²) in [7, 11) is 0. The molecule has 2 rings (SSSR count). The minimum Gasteiger partial charge on any atom is -0.479 e. The summed E-state index contributed by atoms with van der Waals surface area (Å²) in [5.41, 5.74) is 3.25. The molecule has 4 heteroatoms. The fourth-order valence-electron chi connectivity index (χ4n) is 2.45. The second kappa shape index (κ2) is 6.04. The fourth-order valence-corrected chi connectivity index (χ4v) is 2.45. The molecule has 0 aliphatic rings. The molecule has 0 fully saturated rings. The molecule has 2 nitrogen and oxygen atoms in total. The zero-order valence-corrected chi connectivity index (χ0v) is 12.2. The first-order valence-corrected chi connectivity index (χ1v) is 6.58. The summed E-state index contributed by atoms with van der Waals surface area (Å²) >= 11 is 0. The van der Waals surface area contributed by atoms with Gasteiger partial charge in [-0.15, -0.1) is 0 Å². The largest absolute Gasteiger partial charge is 0.479 e. The van der Waals surface area contributed by atoms with Gasteiger partial charge in [-0.1, -0.05) is 23.8 Å².